The third-order valence-electron chi connectivity index (χ3n) is 5.15. The molecule has 6 heteroatoms. The molecule has 30 heavy (non-hydrogen) atoms. The van der Waals surface area contributed by atoms with Crippen molar-refractivity contribution in [1.82, 2.24) is 19.9 Å². The van der Waals surface area contributed by atoms with Crippen molar-refractivity contribution in [2.45, 2.75) is 0 Å². The Bertz CT molecular complexity index is 1570. The van der Waals surface area contributed by atoms with E-state index in [2.05, 4.69) is 39.2 Å². The maximum Gasteiger partial charge on any atom is 0.226 e. The van der Waals surface area contributed by atoms with Crippen molar-refractivity contribution >= 4 is 44.3 Å². The minimum absolute atomic E-state index is 0.145. The number of nitrogens with zero attached hydrogens (tertiary/aromatic N) is 4. The van der Waals surface area contributed by atoms with Crippen LogP contribution in [0.1, 0.15) is 0 Å². The lowest BCUT2D eigenvalue weighted by Crippen LogP contribution is -1.97. The van der Waals surface area contributed by atoms with Gasteiger partial charge in [0, 0.05) is 34.3 Å². The molecule has 0 N–H and O–H groups in total. The van der Waals surface area contributed by atoms with Gasteiger partial charge in [0.1, 0.15) is 11.2 Å². The van der Waals surface area contributed by atoms with Gasteiger partial charge in [-0.05, 0) is 40.6 Å². The average Bonchev–Trinajstić information content (AvgIpc) is 3.17. The number of hydrogen-bond acceptors (Lipinski definition) is 5. The predicted octanol–water partition coefficient (Wildman–Crippen LogP) is 6.31. The van der Waals surface area contributed by atoms with Crippen LogP contribution in [0.4, 0.5) is 0 Å². The second-order valence-corrected chi connectivity index (χ2v) is 7.30. The van der Waals surface area contributed by atoms with Crippen LogP contribution in [0.5, 0.6) is 0 Å². The van der Waals surface area contributed by atoms with E-state index in [9.17, 15) is 0 Å². The molecule has 0 radical (unpaired) electrons. The molecule has 3 heterocycles. The molecule has 6 rings (SSSR count). The van der Waals surface area contributed by atoms with E-state index in [1.54, 1.807) is 12.4 Å². The van der Waals surface area contributed by atoms with Crippen LogP contribution in [0.15, 0.2) is 83.5 Å². The van der Waals surface area contributed by atoms with Crippen LogP contribution in [0.2, 0.25) is 5.28 Å². The first-order valence-electron chi connectivity index (χ1n) is 9.43. The van der Waals surface area contributed by atoms with E-state index in [-0.39, 0.29) is 5.28 Å². The fourth-order valence-electron chi connectivity index (χ4n) is 3.79. The molecule has 0 saturated heterocycles. The highest BCUT2D eigenvalue weighted by atomic mass is 35.5. The van der Waals surface area contributed by atoms with E-state index in [0.717, 1.165) is 43.8 Å². The molecule has 0 unspecified atom stereocenters. The van der Waals surface area contributed by atoms with E-state index < -0.39 is 0 Å². The Labute approximate surface area is 176 Å². The highest BCUT2D eigenvalue weighted by molar-refractivity contribution is 6.28. The van der Waals surface area contributed by atoms with E-state index in [4.69, 9.17) is 21.0 Å². The van der Waals surface area contributed by atoms with Crippen molar-refractivity contribution < 1.29 is 4.42 Å². The first-order chi connectivity index (χ1) is 14.8. The fraction of sp³-hybridized carbons (Fsp3) is 0. The molecule has 3 aromatic carbocycles. The summed E-state index contributed by atoms with van der Waals surface area (Å²) >= 11 is 6.31. The van der Waals surface area contributed by atoms with Crippen molar-refractivity contribution in [2.24, 2.45) is 0 Å². The summed E-state index contributed by atoms with van der Waals surface area (Å²) in [5.74, 6) is 1.02. The third kappa shape index (κ3) is 2.71. The van der Waals surface area contributed by atoms with Crippen molar-refractivity contribution in [1.29, 1.82) is 0 Å². The number of rotatable bonds is 2. The van der Waals surface area contributed by atoms with Gasteiger partial charge < -0.3 is 4.42 Å². The fourth-order valence-corrected chi connectivity index (χ4v) is 3.95. The minimum Gasteiger partial charge on any atom is -0.456 e. The van der Waals surface area contributed by atoms with Gasteiger partial charge in [0.25, 0.3) is 0 Å². The topological polar surface area (TPSA) is 64.7 Å². The van der Waals surface area contributed by atoms with Gasteiger partial charge in [-0.3, -0.25) is 4.98 Å². The normalized spacial score (nSPS) is 11.5. The number of fused-ring (bicyclic) bond motifs is 4. The molecule has 0 bridgehead atoms. The Morgan fingerprint density at radius 3 is 2.53 bits per heavy atom. The smallest absolute Gasteiger partial charge is 0.226 e. The van der Waals surface area contributed by atoms with Gasteiger partial charge in [-0.2, -0.15) is 9.97 Å². The van der Waals surface area contributed by atoms with Crippen molar-refractivity contribution in [3.63, 3.8) is 0 Å². The lowest BCUT2D eigenvalue weighted by Gasteiger charge is -2.07. The zero-order valence-electron chi connectivity index (χ0n) is 15.6. The SMILES string of the molecule is Clc1nc(-c2ccc3ccccc3c2)nc(-c2cccc3oc4ccncc4c23)n1. The van der Waals surface area contributed by atoms with E-state index in [1.165, 1.54) is 0 Å². The summed E-state index contributed by atoms with van der Waals surface area (Å²) in [5.41, 5.74) is 3.22. The zero-order chi connectivity index (χ0) is 20.1. The predicted molar refractivity (Wildman–Crippen MR) is 118 cm³/mol. The Kier molecular flexibility index (Phi) is 3.76. The molecular formula is C24H13ClN4O. The van der Waals surface area contributed by atoms with Crippen molar-refractivity contribution in [3.8, 4) is 22.8 Å². The Balaban J connectivity index is 1.58. The molecule has 0 aliphatic heterocycles. The van der Waals surface area contributed by atoms with Crippen molar-refractivity contribution in [2.75, 3.05) is 0 Å². The molecular weight excluding hydrogens is 396 g/mol. The largest absolute Gasteiger partial charge is 0.456 e. The monoisotopic (exact) mass is 408 g/mol. The Hall–Kier alpha value is -3.83. The van der Waals surface area contributed by atoms with Crippen LogP contribution in [0.3, 0.4) is 0 Å². The second kappa shape index (κ2) is 6.61. The molecule has 0 amide bonds. The number of aromatic nitrogens is 4. The highest BCUT2D eigenvalue weighted by Gasteiger charge is 2.16. The first-order valence-corrected chi connectivity index (χ1v) is 9.80. The van der Waals surface area contributed by atoms with Gasteiger partial charge in [-0.15, -0.1) is 0 Å². The van der Waals surface area contributed by atoms with Crippen LogP contribution >= 0.6 is 11.6 Å². The van der Waals surface area contributed by atoms with Crippen LogP contribution in [-0.2, 0) is 0 Å². The summed E-state index contributed by atoms with van der Waals surface area (Å²) in [6, 6.07) is 21.9. The van der Waals surface area contributed by atoms with Gasteiger partial charge in [0.2, 0.25) is 5.28 Å². The van der Waals surface area contributed by atoms with Gasteiger partial charge in [-0.1, -0.05) is 48.5 Å². The lowest BCUT2D eigenvalue weighted by molar-refractivity contribution is 0.668. The number of pyridine rings is 1. The molecule has 0 saturated carbocycles. The molecule has 3 aromatic heterocycles. The number of furan rings is 1. The summed E-state index contributed by atoms with van der Waals surface area (Å²) < 4.78 is 5.96. The molecule has 0 aliphatic carbocycles. The molecule has 0 aliphatic rings. The standard InChI is InChI=1S/C24H13ClN4O/c25-24-28-22(16-9-8-14-4-1-2-5-15(14)12-16)27-23(29-24)17-6-3-7-20-21(17)18-13-26-11-10-19(18)30-20/h1-13H. The molecule has 6 aromatic rings. The van der Waals surface area contributed by atoms with Crippen LogP contribution in [0, 0.1) is 0 Å². The second-order valence-electron chi connectivity index (χ2n) is 6.97. The van der Waals surface area contributed by atoms with Gasteiger partial charge >= 0.3 is 0 Å². The van der Waals surface area contributed by atoms with E-state index in [0.29, 0.717) is 11.6 Å². The third-order valence-corrected chi connectivity index (χ3v) is 5.32. The first kappa shape index (κ1) is 17.1. The molecule has 0 spiro atoms. The maximum absolute atomic E-state index is 6.31. The maximum atomic E-state index is 6.31. The zero-order valence-corrected chi connectivity index (χ0v) is 16.3. The molecule has 0 fully saturated rings. The summed E-state index contributed by atoms with van der Waals surface area (Å²) in [6.45, 7) is 0. The Morgan fingerprint density at radius 1 is 0.733 bits per heavy atom. The average molecular weight is 409 g/mol. The quantitative estimate of drug-likeness (QED) is 0.336. The summed E-state index contributed by atoms with van der Waals surface area (Å²) in [4.78, 5) is 17.8. The summed E-state index contributed by atoms with van der Waals surface area (Å²) in [6.07, 6.45) is 3.50. The number of benzene rings is 3. The number of halogens is 1. The Morgan fingerprint density at radius 2 is 1.60 bits per heavy atom. The van der Waals surface area contributed by atoms with Gasteiger partial charge in [0.05, 0.1) is 0 Å². The van der Waals surface area contributed by atoms with Gasteiger partial charge in [0.15, 0.2) is 11.6 Å². The van der Waals surface area contributed by atoms with Crippen LogP contribution in [-0.4, -0.2) is 19.9 Å². The van der Waals surface area contributed by atoms with Crippen LogP contribution in [0.25, 0.3) is 55.5 Å². The van der Waals surface area contributed by atoms with E-state index in [1.807, 2.05) is 42.5 Å². The van der Waals surface area contributed by atoms with Crippen LogP contribution < -0.4 is 0 Å². The summed E-state index contributed by atoms with van der Waals surface area (Å²) in [7, 11) is 0. The molecule has 142 valence electrons. The lowest BCUT2D eigenvalue weighted by atomic mass is 10.1. The van der Waals surface area contributed by atoms with Gasteiger partial charge in [-0.25, -0.2) is 4.98 Å². The number of hydrogen-bond donors (Lipinski definition) is 0. The molecule has 5 nitrogen and oxygen atoms in total. The highest BCUT2D eigenvalue weighted by Crippen LogP contribution is 2.35. The van der Waals surface area contributed by atoms with Crippen molar-refractivity contribution in [3.05, 3.63) is 84.4 Å². The minimum atomic E-state index is 0.145. The molecule has 0 atom stereocenters. The van der Waals surface area contributed by atoms with E-state index >= 15 is 0 Å². The summed E-state index contributed by atoms with van der Waals surface area (Å²) in [5, 5.41) is 4.23.